The minimum absolute atomic E-state index is 0.258. The molecule has 17 heavy (non-hydrogen) atoms. The Morgan fingerprint density at radius 2 is 2.18 bits per heavy atom. The van der Waals surface area contributed by atoms with Gasteiger partial charge in [0.1, 0.15) is 11.1 Å². The fourth-order valence-electron chi connectivity index (χ4n) is 1.39. The molecule has 0 saturated heterocycles. The van der Waals surface area contributed by atoms with Gasteiger partial charge in [0, 0.05) is 11.6 Å². The molecule has 0 bridgehead atoms. The first kappa shape index (κ1) is 11.9. The predicted octanol–water partition coefficient (Wildman–Crippen LogP) is 2.57. The SMILES string of the molecule is CC(C)(C)OC(=O)c1[nH]nc2c(Cl)nccc12. The molecule has 0 aliphatic rings. The second kappa shape index (κ2) is 4.00. The van der Waals surface area contributed by atoms with Crippen molar-refractivity contribution in [1.82, 2.24) is 15.2 Å². The third-order valence-electron chi connectivity index (χ3n) is 2.03. The molecule has 2 aromatic heterocycles. The molecule has 0 radical (unpaired) electrons. The molecule has 0 aliphatic carbocycles. The van der Waals surface area contributed by atoms with Gasteiger partial charge in [-0.3, -0.25) is 5.10 Å². The van der Waals surface area contributed by atoms with Crippen LogP contribution in [0.3, 0.4) is 0 Å². The highest BCUT2D eigenvalue weighted by molar-refractivity contribution is 6.34. The lowest BCUT2D eigenvalue weighted by Gasteiger charge is -2.18. The van der Waals surface area contributed by atoms with Crippen LogP contribution in [0.5, 0.6) is 0 Å². The van der Waals surface area contributed by atoms with Crippen molar-refractivity contribution in [2.75, 3.05) is 0 Å². The molecule has 6 heteroatoms. The standard InChI is InChI=1S/C11H12ClN3O2/c1-11(2,3)17-10(16)8-6-4-5-13-9(12)7(6)14-15-8/h4-5H,1-3H3,(H,14,15). The Labute approximate surface area is 103 Å². The van der Waals surface area contributed by atoms with E-state index < -0.39 is 11.6 Å². The van der Waals surface area contributed by atoms with Crippen LogP contribution in [0, 0.1) is 0 Å². The van der Waals surface area contributed by atoms with E-state index in [2.05, 4.69) is 15.2 Å². The number of H-pyrrole nitrogens is 1. The molecule has 0 atom stereocenters. The van der Waals surface area contributed by atoms with Gasteiger partial charge in [-0.05, 0) is 26.8 Å². The van der Waals surface area contributed by atoms with Crippen molar-refractivity contribution in [3.05, 3.63) is 23.1 Å². The molecule has 1 N–H and O–H groups in total. The van der Waals surface area contributed by atoms with E-state index in [-0.39, 0.29) is 5.15 Å². The van der Waals surface area contributed by atoms with E-state index in [1.165, 1.54) is 6.20 Å². The van der Waals surface area contributed by atoms with Crippen LogP contribution >= 0.6 is 11.6 Å². The summed E-state index contributed by atoms with van der Waals surface area (Å²) in [5.74, 6) is -0.456. The zero-order valence-electron chi connectivity index (χ0n) is 9.74. The first-order valence-electron chi connectivity index (χ1n) is 5.10. The highest BCUT2D eigenvalue weighted by Crippen LogP contribution is 2.22. The van der Waals surface area contributed by atoms with Crippen LogP contribution in [-0.2, 0) is 4.74 Å². The van der Waals surface area contributed by atoms with E-state index in [0.717, 1.165) is 0 Å². The normalized spacial score (nSPS) is 11.8. The first-order valence-corrected chi connectivity index (χ1v) is 5.48. The molecule has 0 saturated carbocycles. The number of carbonyl (C=O) groups is 1. The van der Waals surface area contributed by atoms with E-state index in [1.807, 2.05) is 0 Å². The highest BCUT2D eigenvalue weighted by atomic mass is 35.5. The number of esters is 1. The summed E-state index contributed by atoms with van der Waals surface area (Å²) in [6, 6.07) is 1.67. The van der Waals surface area contributed by atoms with Gasteiger partial charge in [0.05, 0.1) is 0 Å². The van der Waals surface area contributed by atoms with E-state index >= 15 is 0 Å². The molecule has 0 aliphatic heterocycles. The van der Waals surface area contributed by atoms with E-state index in [9.17, 15) is 4.79 Å². The minimum Gasteiger partial charge on any atom is -0.455 e. The number of hydrogen-bond acceptors (Lipinski definition) is 4. The third kappa shape index (κ3) is 2.39. The summed E-state index contributed by atoms with van der Waals surface area (Å²) >= 11 is 5.86. The van der Waals surface area contributed by atoms with Crippen molar-refractivity contribution < 1.29 is 9.53 Å². The Balaban J connectivity index is 2.43. The quantitative estimate of drug-likeness (QED) is 0.626. The molecule has 2 heterocycles. The maximum absolute atomic E-state index is 11.9. The van der Waals surface area contributed by atoms with E-state index in [0.29, 0.717) is 16.6 Å². The molecule has 5 nitrogen and oxygen atoms in total. The molecule has 90 valence electrons. The van der Waals surface area contributed by atoms with Crippen molar-refractivity contribution in [3.8, 4) is 0 Å². The van der Waals surface area contributed by atoms with Crippen molar-refractivity contribution >= 4 is 28.5 Å². The van der Waals surface area contributed by atoms with Crippen LogP contribution in [0.15, 0.2) is 12.3 Å². The smallest absolute Gasteiger partial charge is 0.357 e. The number of ether oxygens (including phenoxy) is 1. The number of fused-ring (bicyclic) bond motifs is 1. The lowest BCUT2D eigenvalue weighted by molar-refractivity contribution is 0.00651. The van der Waals surface area contributed by atoms with Crippen LogP contribution in [0.25, 0.3) is 10.9 Å². The van der Waals surface area contributed by atoms with Crippen molar-refractivity contribution in [2.24, 2.45) is 0 Å². The molecule has 2 rings (SSSR count). The largest absolute Gasteiger partial charge is 0.455 e. The number of nitrogens with one attached hydrogen (secondary N) is 1. The number of halogens is 1. The molecule has 0 fully saturated rings. The summed E-state index contributed by atoms with van der Waals surface area (Å²) in [4.78, 5) is 15.8. The summed E-state index contributed by atoms with van der Waals surface area (Å²) in [5, 5.41) is 7.45. The van der Waals surface area contributed by atoms with Gasteiger partial charge in [0.2, 0.25) is 0 Å². The molecule has 0 aromatic carbocycles. The number of pyridine rings is 1. The van der Waals surface area contributed by atoms with Crippen LogP contribution < -0.4 is 0 Å². The van der Waals surface area contributed by atoms with Crippen molar-refractivity contribution in [2.45, 2.75) is 26.4 Å². The lowest BCUT2D eigenvalue weighted by Crippen LogP contribution is -2.24. The zero-order valence-corrected chi connectivity index (χ0v) is 10.5. The van der Waals surface area contributed by atoms with Gasteiger partial charge in [0.25, 0.3) is 0 Å². The van der Waals surface area contributed by atoms with Gasteiger partial charge < -0.3 is 4.74 Å². The number of rotatable bonds is 1. The van der Waals surface area contributed by atoms with Crippen LogP contribution in [0.2, 0.25) is 5.15 Å². The second-order valence-electron chi connectivity index (χ2n) is 4.60. The molecule has 0 spiro atoms. The Hall–Kier alpha value is -1.62. The molecular weight excluding hydrogens is 242 g/mol. The zero-order chi connectivity index (χ0) is 12.6. The Morgan fingerprint density at radius 3 is 2.82 bits per heavy atom. The monoisotopic (exact) mass is 253 g/mol. The Bertz CT molecular complexity index is 572. The third-order valence-corrected chi connectivity index (χ3v) is 2.31. The number of hydrogen-bond donors (Lipinski definition) is 1. The van der Waals surface area contributed by atoms with Crippen LogP contribution in [-0.4, -0.2) is 26.8 Å². The number of aromatic nitrogens is 3. The molecule has 0 unspecified atom stereocenters. The predicted molar refractivity (Wildman–Crippen MR) is 64.1 cm³/mol. The number of carbonyl (C=O) groups excluding carboxylic acids is 1. The second-order valence-corrected chi connectivity index (χ2v) is 4.96. The van der Waals surface area contributed by atoms with Gasteiger partial charge in [-0.15, -0.1) is 0 Å². The summed E-state index contributed by atoms with van der Waals surface area (Å²) in [6.45, 7) is 5.41. The van der Waals surface area contributed by atoms with E-state index in [4.69, 9.17) is 16.3 Å². The number of aromatic amines is 1. The maximum atomic E-state index is 11.9. The van der Waals surface area contributed by atoms with Crippen LogP contribution in [0.1, 0.15) is 31.3 Å². The minimum atomic E-state index is -0.550. The van der Waals surface area contributed by atoms with Gasteiger partial charge >= 0.3 is 5.97 Å². The molecular formula is C11H12ClN3O2. The number of nitrogens with zero attached hydrogens (tertiary/aromatic N) is 2. The Morgan fingerprint density at radius 1 is 1.47 bits per heavy atom. The fraction of sp³-hybridized carbons (Fsp3) is 0.364. The fourth-order valence-corrected chi connectivity index (χ4v) is 1.59. The first-order chi connectivity index (χ1) is 7.88. The van der Waals surface area contributed by atoms with Gasteiger partial charge in [-0.1, -0.05) is 11.6 Å². The van der Waals surface area contributed by atoms with Crippen LogP contribution in [0.4, 0.5) is 0 Å². The Kier molecular flexibility index (Phi) is 2.79. The van der Waals surface area contributed by atoms with Crippen molar-refractivity contribution in [3.63, 3.8) is 0 Å². The summed E-state index contributed by atoms with van der Waals surface area (Å²) in [6.07, 6.45) is 1.52. The van der Waals surface area contributed by atoms with Gasteiger partial charge in [0.15, 0.2) is 10.8 Å². The van der Waals surface area contributed by atoms with E-state index in [1.54, 1.807) is 26.8 Å². The van der Waals surface area contributed by atoms with Gasteiger partial charge in [-0.2, -0.15) is 5.10 Å². The average molecular weight is 254 g/mol. The maximum Gasteiger partial charge on any atom is 0.357 e. The summed E-state index contributed by atoms with van der Waals surface area (Å²) in [5.41, 5.74) is 0.208. The van der Waals surface area contributed by atoms with Gasteiger partial charge in [-0.25, -0.2) is 9.78 Å². The molecule has 0 amide bonds. The molecule has 2 aromatic rings. The van der Waals surface area contributed by atoms with Crippen molar-refractivity contribution in [1.29, 1.82) is 0 Å². The lowest BCUT2D eigenvalue weighted by atomic mass is 10.2. The highest BCUT2D eigenvalue weighted by Gasteiger charge is 2.22. The topological polar surface area (TPSA) is 67.9 Å². The average Bonchev–Trinajstić information content (AvgIpc) is 2.60. The summed E-state index contributed by atoms with van der Waals surface area (Å²) < 4.78 is 5.26. The summed E-state index contributed by atoms with van der Waals surface area (Å²) in [7, 11) is 0.